The van der Waals surface area contributed by atoms with Gasteiger partial charge in [0.05, 0.1) is 0 Å². The first-order valence-electron chi connectivity index (χ1n) is 7.47. The Kier molecular flexibility index (Phi) is 4.04. The number of amides is 1. The van der Waals surface area contributed by atoms with Crippen LogP contribution >= 0.6 is 0 Å². The largest absolute Gasteiger partial charge is 0.364 e. The lowest BCUT2D eigenvalue weighted by molar-refractivity contribution is -0.129. The molecule has 7 nitrogen and oxygen atoms in total. The van der Waals surface area contributed by atoms with Crippen molar-refractivity contribution in [1.29, 1.82) is 0 Å². The van der Waals surface area contributed by atoms with Gasteiger partial charge in [-0.25, -0.2) is 4.98 Å². The van der Waals surface area contributed by atoms with Crippen LogP contribution in [0.2, 0.25) is 0 Å². The highest BCUT2D eigenvalue weighted by molar-refractivity contribution is 5.73. The van der Waals surface area contributed by atoms with Crippen molar-refractivity contribution in [1.82, 2.24) is 24.6 Å². The monoisotopic (exact) mass is 300 g/mol. The van der Waals surface area contributed by atoms with Crippen LogP contribution in [0.1, 0.15) is 19.8 Å². The van der Waals surface area contributed by atoms with Crippen molar-refractivity contribution in [3.63, 3.8) is 0 Å². The van der Waals surface area contributed by atoms with Gasteiger partial charge in [0.1, 0.15) is 11.5 Å². The zero-order chi connectivity index (χ0) is 15.5. The predicted molar refractivity (Wildman–Crippen MR) is 83.1 cm³/mol. The number of hydrogen-bond acceptors (Lipinski definition) is 5. The Bertz CT molecular complexity index is 650. The molecule has 0 aliphatic carbocycles. The van der Waals surface area contributed by atoms with Crippen LogP contribution in [0.4, 0.5) is 5.82 Å². The number of imidazole rings is 1. The average Bonchev–Trinajstić information content (AvgIpc) is 2.94. The highest BCUT2D eigenvalue weighted by atomic mass is 16.2. The third-order valence-electron chi connectivity index (χ3n) is 3.93. The van der Waals surface area contributed by atoms with Crippen LogP contribution in [0.25, 0.3) is 11.5 Å². The molecular formula is C15H20N6O. The zero-order valence-electron chi connectivity index (χ0n) is 12.9. The van der Waals surface area contributed by atoms with Crippen LogP contribution in [0.3, 0.4) is 0 Å². The minimum Gasteiger partial charge on any atom is -0.364 e. The van der Waals surface area contributed by atoms with Crippen molar-refractivity contribution < 1.29 is 4.79 Å². The summed E-state index contributed by atoms with van der Waals surface area (Å²) in [6.07, 6.45) is 5.66. The molecule has 2 aromatic heterocycles. The van der Waals surface area contributed by atoms with Crippen LogP contribution < -0.4 is 5.32 Å². The molecule has 7 heteroatoms. The summed E-state index contributed by atoms with van der Waals surface area (Å²) < 4.78 is 1.91. The zero-order valence-corrected chi connectivity index (χ0v) is 12.9. The molecule has 1 saturated heterocycles. The fourth-order valence-corrected chi connectivity index (χ4v) is 2.73. The second-order valence-electron chi connectivity index (χ2n) is 5.61. The number of nitrogens with zero attached hydrogens (tertiary/aromatic N) is 5. The summed E-state index contributed by atoms with van der Waals surface area (Å²) in [7, 11) is 1.93. The number of anilines is 1. The van der Waals surface area contributed by atoms with E-state index in [0.29, 0.717) is 0 Å². The third kappa shape index (κ3) is 3.08. The normalized spacial score (nSPS) is 18.3. The van der Waals surface area contributed by atoms with E-state index in [1.54, 1.807) is 13.1 Å². The Morgan fingerprint density at radius 2 is 2.23 bits per heavy atom. The molecule has 0 bridgehead atoms. The predicted octanol–water partition coefficient (Wildman–Crippen LogP) is 1.30. The molecule has 1 amide bonds. The van der Waals surface area contributed by atoms with Gasteiger partial charge in [-0.05, 0) is 25.0 Å². The van der Waals surface area contributed by atoms with E-state index in [1.807, 2.05) is 34.8 Å². The van der Waals surface area contributed by atoms with Crippen LogP contribution in [0.15, 0.2) is 24.5 Å². The molecule has 1 aliphatic heterocycles. The van der Waals surface area contributed by atoms with Gasteiger partial charge in [-0.1, -0.05) is 0 Å². The van der Waals surface area contributed by atoms with Gasteiger partial charge < -0.3 is 14.8 Å². The molecule has 0 radical (unpaired) electrons. The lowest BCUT2D eigenvalue weighted by Gasteiger charge is -2.32. The molecule has 0 aromatic carbocycles. The molecule has 1 N–H and O–H groups in total. The van der Waals surface area contributed by atoms with Gasteiger partial charge in [0.25, 0.3) is 0 Å². The van der Waals surface area contributed by atoms with Gasteiger partial charge in [0.2, 0.25) is 5.91 Å². The first-order chi connectivity index (χ1) is 10.6. The van der Waals surface area contributed by atoms with Crippen molar-refractivity contribution in [3.05, 3.63) is 24.5 Å². The molecule has 1 aliphatic rings. The first-order valence-corrected chi connectivity index (χ1v) is 7.47. The smallest absolute Gasteiger partial charge is 0.219 e. The molecule has 1 atom stereocenters. The molecule has 3 rings (SSSR count). The number of nitrogens with one attached hydrogen (secondary N) is 1. The summed E-state index contributed by atoms with van der Waals surface area (Å²) in [6, 6.07) is 4.04. The Morgan fingerprint density at radius 1 is 1.36 bits per heavy atom. The highest BCUT2D eigenvalue weighted by Gasteiger charge is 2.21. The number of carbonyl (C=O) groups excluding carboxylic acids is 1. The van der Waals surface area contributed by atoms with Crippen molar-refractivity contribution in [2.75, 3.05) is 18.4 Å². The van der Waals surface area contributed by atoms with E-state index < -0.39 is 0 Å². The van der Waals surface area contributed by atoms with Gasteiger partial charge in [-0.15, -0.1) is 10.2 Å². The Balaban J connectivity index is 1.66. The molecule has 2 aromatic rings. The maximum absolute atomic E-state index is 11.5. The second-order valence-corrected chi connectivity index (χ2v) is 5.61. The summed E-state index contributed by atoms with van der Waals surface area (Å²) in [5.41, 5.74) is 0.743. The number of rotatable bonds is 3. The number of aromatic nitrogens is 4. The highest BCUT2D eigenvalue weighted by Crippen LogP contribution is 2.17. The maximum Gasteiger partial charge on any atom is 0.219 e. The van der Waals surface area contributed by atoms with Crippen molar-refractivity contribution in [2.45, 2.75) is 25.8 Å². The lowest BCUT2D eigenvalue weighted by atomic mass is 10.1. The van der Waals surface area contributed by atoms with Gasteiger partial charge in [0.15, 0.2) is 5.82 Å². The topological polar surface area (TPSA) is 75.9 Å². The quantitative estimate of drug-likeness (QED) is 0.924. The molecule has 0 saturated carbocycles. The SMILES string of the molecule is CC(=O)N1CCC[C@H](Nc2ccc(-c3nccn3C)nn2)C1. The third-order valence-corrected chi connectivity index (χ3v) is 3.93. The van der Waals surface area contributed by atoms with E-state index in [2.05, 4.69) is 20.5 Å². The van der Waals surface area contributed by atoms with Crippen molar-refractivity contribution in [2.24, 2.45) is 7.05 Å². The van der Waals surface area contributed by atoms with E-state index >= 15 is 0 Å². The molecule has 0 spiro atoms. The van der Waals surface area contributed by atoms with Crippen LogP contribution in [0.5, 0.6) is 0 Å². The van der Waals surface area contributed by atoms with Gasteiger partial charge in [-0.2, -0.15) is 0 Å². The molecule has 0 unspecified atom stereocenters. The van der Waals surface area contributed by atoms with E-state index in [9.17, 15) is 4.79 Å². The lowest BCUT2D eigenvalue weighted by Crippen LogP contribution is -2.44. The molecule has 116 valence electrons. The molecule has 22 heavy (non-hydrogen) atoms. The summed E-state index contributed by atoms with van der Waals surface area (Å²) in [6.45, 7) is 3.18. The summed E-state index contributed by atoms with van der Waals surface area (Å²) >= 11 is 0. The molecule has 1 fully saturated rings. The number of carbonyl (C=O) groups is 1. The minimum absolute atomic E-state index is 0.128. The van der Waals surface area contributed by atoms with E-state index in [-0.39, 0.29) is 11.9 Å². The standard InChI is InChI=1S/C15H20N6O/c1-11(22)21-8-3-4-12(10-21)17-14-6-5-13(18-19-14)15-16-7-9-20(15)2/h5-7,9,12H,3-4,8,10H2,1-2H3,(H,17,19)/t12-/m0/s1. The fraction of sp³-hybridized carbons (Fsp3) is 0.467. The Labute approximate surface area is 129 Å². The fourth-order valence-electron chi connectivity index (χ4n) is 2.73. The summed E-state index contributed by atoms with van der Waals surface area (Å²) in [4.78, 5) is 17.6. The van der Waals surface area contributed by atoms with E-state index in [0.717, 1.165) is 43.3 Å². The Morgan fingerprint density at radius 3 is 2.86 bits per heavy atom. The second kappa shape index (κ2) is 6.13. The van der Waals surface area contributed by atoms with Gasteiger partial charge in [0, 0.05) is 45.5 Å². The molecule has 3 heterocycles. The first kappa shape index (κ1) is 14.5. The van der Waals surface area contributed by atoms with Crippen LogP contribution in [-0.4, -0.2) is 49.7 Å². The van der Waals surface area contributed by atoms with E-state index in [1.165, 1.54) is 0 Å². The number of piperidine rings is 1. The van der Waals surface area contributed by atoms with Crippen LogP contribution in [0, 0.1) is 0 Å². The molecular weight excluding hydrogens is 280 g/mol. The summed E-state index contributed by atoms with van der Waals surface area (Å²) in [5, 5.41) is 11.8. The van der Waals surface area contributed by atoms with Gasteiger partial charge in [-0.3, -0.25) is 4.79 Å². The van der Waals surface area contributed by atoms with Crippen LogP contribution in [-0.2, 0) is 11.8 Å². The van der Waals surface area contributed by atoms with Crippen molar-refractivity contribution >= 4 is 11.7 Å². The minimum atomic E-state index is 0.128. The summed E-state index contributed by atoms with van der Waals surface area (Å²) in [5.74, 6) is 1.65. The maximum atomic E-state index is 11.5. The average molecular weight is 300 g/mol. The van der Waals surface area contributed by atoms with E-state index in [4.69, 9.17) is 0 Å². The number of hydrogen-bond donors (Lipinski definition) is 1. The Hall–Kier alpha value is -2.44. The van der Waals surface area contributed by atoms with Gasteiger partial charge >= 0.3 is 0 Å². The number of aryl methyl sites for hydroxylation is 1. The number of likely N-dealkylation sites (tertiary alicyclic amines) is 1. The van der Waals surface area contributed by atoms with Crippen molar-refractivity contribution in [3.8, 4) is 11.5 Å².